The van der Waals surface area contributed by atoms with Crippen LogP contribution in [-0.2, 0) is 29.2 Å². The molecule has 5 amide bonds. The number of pyridine rings is 2. The maximum Gasteiger partial charge on any atom is 0.264 e. The van der Waals surface area contributed by atoms with E-state index in [4.69, 9.17) is 9.97 Å². The molecular weight excluding hydrogens is 739 g/mol. The number of hydrogen-bond donors (Lipinski definition) is 2. The number of anilines is 3. The van der Waals surface area contributed by atoms with E-state index in [9.17, 15) is 24.0 Å². The number of carbonyl (C=O) groups is 5. The highest BCUT2D eigenvalue weighted by Gasteiger charge is 2.45. The van der Waals surface area contributed by atoms with Crippen LogP contribution in [0.5, 0.6) is 0 Å². The highest BCUT2D eigenvalue weighted by Crippen LogP contribution is 2.35. The maximum atomic E-state index is 14.1. The van der Waals surface area contributed by atoms with Gasteiger partial charge in [-0.15, -0.1) is 10.2 Å². The minimum absolute atomic E-state index is 0.0762. The van der Waals surface area contributed by atoms with Crippen LogP contribution in [-0.4, -0.2) is 103 Å². The SMILES string of the molecule is CCn1cnnc1-c1cccc(N2Cc3c(cc(N4CCC[C@H]4C)nc3CN(C)CCCCCCNc3cccc4c3C(=O)N(C3CCC(=O)NC3=O)C4=O)C2=O)n1. The molecule has 16 nitrogen and oxygen atoms in total. The number of nitrogens with one attached hydrogen (secondary N) is 2. The van der Waals surface area contributed by atoms with Crippen molar-refractivity contribution in [3.8, 4) is 11.5 Å². The zero-order valence-electron chi connectivity index (χ0n) is 33.2. The minimum atomic E-state index is -0.997. The van der Waals surface area contributed by atoms with E-state index in [0.717, 1.165) is 73.6 Å². The molecule has 3 aromatic heterocycles. The maximum absolute atomic E-state index is 14.1. The minimum Gasteiger partial charge on any atom is -0.384 e. The summed E-state index contributed by atoms with van der Waals surface area (Å²) in [6, 6.07) is 12.1. The van der Waals surface area contributed by atoms with Gasteiger partial charge in [-0.2, -0.15) is 0 Å². The summed E-state index contributed by atoms with van der Waals surface area (Å²) in [6.07, 6.45) is 7.86. The Morgan fingerprint density at radius 2 is 1.74 bits per heavy atom. The lowest BCUT2D eigenvalue weighted by Gasteiger charge is -2.27. The van der Waals surface area contributed by atoms with Crippen LogP contribution >= 0.6 is 0 Å². The Morgan fingerprint density at radius 1 is 0.914 bits per heavy atom. The van der Waals surface area contributed by atoms with E-state index in [-0.39, 0.29) is 29.9 Å². The Bertz CT molecular complexity index is 2270. The van der Waals surface area contributed by atoms with Gasteiger partial charge in [-0.1, -0.05) is 25.0 Å². The second kappa shape index (κ2) is 16.4. The quantitative estimate of drug-likeness (QED) is 0.128. The highest BCUT2D eigenvalue weighted by atomic mass is 16.2. The molecule has 0 aliphatic carbocycles. The molecule has 0 bridgehead atoms. The van der Waals surface area contributed by atoms with Crippen molar-refractivity contribution in [1.29, 1.82) is 0 Å². The lowest BCUT2D eigenvalue weighted by atomic mass is 10.0. The van der Waals surface area contributed by atoms with Gasteiger partial charge in [0.2, 0.25) is 11.8 Å². The molecule has 1 aromatic carbocycles. The van der Waals surface area contributed by atoms with Crippen LogP contribution in [0.15, 0.2) is 48.8 Å². The average molecular weight is 788 g/mol. The fourth-order valence-corrected chi connectivity index (χ4v) is 8.55. The van der Waals surface area contributed by atoms with Gasteiger partial charge >= 0.3 is 0 Å². The first-order valence-electron chi connectivity index (χ1n) is 20.4. The van der Waals surface area contributed by atoms with Gasteiger partial charge in [0, 0.05) is 49.9 Å². The van der Waals surface area contributed by atoms with Crippen molar-refractivity contribution in [1.82, 2.24) is 39.8 Å². The molecule has 2 fully saturated rings. The number of unbranched alkanes of at least 4 members (excludes halogenated alkanes) is 3. The number of fused-ring (bicyclic) bond motifs is 2. The third-order valence-corrected chi connectivity index (χ3v) is 11.7. The van der Waals surface area contributed by atoms with Crippen LogP contribution in [0.3, 0.4) is 0 Å². The van der Waals surface area contributed by atoms with Gasteiger partial charge in [0.15, 0.2) is 5.82 Å². The first-order valence-corrected chi connectivity index (χ1v) is 20.4. The molecule has 0 radical (unpaired) electrons. The van der Waals surface area contributed by atoms with Gasteiger partial charge in [0.05, 0.1) is 28.9 Å². The average Bonchev–Trinajstić information content (AvgIpc) is 4.01. The predicted octanol–water partition coefficient (Wildman–Crippen LogP) is 4.41. The Morgan fingerprint density at radius 3 is 2.53 bits per heavy atom. The molecule has 0 saturated carbocycles. The van der Waals surface area contributed by atoms with E-state index < -0.39 is 29.7 Å². The Hall–Kier alpha value is -6.03. The van der Waals surface area contributed by atoms with Crippen LogP contribution in [0.1, 0.15) is 108 Å². The van der Waals surface area contributed by atoms with Crippen molar-refractivity contribution < 1.29 is 24.0 Å². The second-order valence-electron chi connectivity index (χ2n) is 15.6. The zero-order valence-corrected chi connectivity index (χ0v) is 33.2. The number of aromatic nitrogens is 5. The Labute approximate surface area is 337 Å². The van der Waals surface area contributed by atoms with Crippen LogP contribution in [0, 0.1) is 0 Å². The topological polar surface area (TPSA) is 179 Å². The fourth-order valence-electron chi connectivity index (χ4n) is 8.55. The van der Waals surface area contributed by atoms with E-state index in [2.05, 4.69) is 44.6 Å². The molecule has 7 heterocycles. The molecule has 8 rings (SSSR count). The molecule has 16 heteroatoms. The molecule has 4 aromatic rings. The molecule has 4 aliphatic rings. The smallest absolute Gasteiger partial charge is 0.264 e. The second-order valence-corrected chi connectivity index (χ2v) is 15.6. The van der Waals surface area contributed by atoms with Crippen LogP contribution in [0.2, 0.25) is 0 Å². The highest BCUT2D eigenvalue weighted by molar-refractivity contribution is 6.25. The van der Waals surface area contributed by atoms with Crippen molar-refractivity contribution in [3.05, 3.63) is 76.7 Å². The number of carbonyl (C=O) groups excluding carboxylic acids is 5. The summed E-state index contributed by atoms with van der Waals surface area (Å²) in [5.74, 6) is -0.0469. The third-order valence-electron chi connectivity index (χ3n) is 11.7. The Kier molecular flexibility index (Phi) is 11.0. The van der Waals surface area contributed by atoms with Crippen LogP contribution in [0.25, 0.3) is 11.5 Å². The van der Waals surface area contributed by atoms with E-state index in [1.54, 1.807) is 29.4 Å². The molecule has 1 unspecified atom stereocenters. The summed E-state index contributed by atoms with van der Waals surface area (Å²) in [5, 5.41) is 13.9. The number of amides is 5. The first-order chi connectivity index (χ1) is 28.1. The number of hydrogen-bond acceptors (Lipinski definition) is 12. The summed E-state index contributed by atoms with van der Waals surface area (Å²) >= 11 is 0. The molecule has 2 saturated heterocycles. The molecule has 2 N–H and O–H groups in total. The van der Waals surface area contributed by atoms with Gasteiger partial charge in [-0.25, -0.2) is 9.97 Å². The lowest BCUT2D eigenvalue weighted by Crippen LogP contribution is -2.54. The van der Waals surface area contributed by atoms with Gasteiger partial charge in [-0.05, 0) is 89.9 Å². The van der Waals surface area contributed by atoms with E-state index >= 15 is 0 Å². The van der Waals surface area contributed by atoms with Crippen molar-refractivity contribution in [2.75, 3.05) is 41.8 Å². The summed E-state index contributed by atoms with van der Waals surface area (Å²) in [5.41, 5.74) is 4.30. The van der Waals surface area contributed by atoms with Gasteiger partial charge < -0.3 is 19.7 Å². The molecule has 2 atom stereocenters. The number of nitrogens with zero attached hydrogens (tertiary/aromatic N) is 9. The van der Waals surface area contributed by atoms with Crippen molar-refractivity contribution in [2.45, 2.75) is 96.9 Å². The number of benzene rings is 1. The summed E-state index contributed by atoms with van der Waals surface area (Å²) in [6.45, 7) is 8.33. The van der Waals surface area contributed by atoms with Crippen LogP contribution < -0.4 is 20.4 Å². The molecule has 0 spiro atoms. The van der Waals surface area contributed by atoms with Gasteiger partial charge in [0.1, 0.15) is 29.7 Å². The van der Waals surface area contributed by atoms with Crippen molar-refractivity contribution >= 4 is 46.9 Å². The monoisotopic (exact) mass is 787 g/mol. The third kappa shape index (κ3) is 7.43. The predicted molar refractivity (Wildman–Crippen MR) is 216 cm³/mol. The normalized spacial score (nSPS) is 19.1. The fraction of sp³-hybridized carbons (Fsp3) is 0.452. The van der Waals surface area contributed by atoms with Crippen molar-refractivity contribution in [2.24, 2.45) is 0 Å². The van der Waals surface area contributed by atoms with Gasteiger partial charge in [0.25, 0.3) is 17.7 Å². The number of imide groups is 2. The molecule has 302 valence electrons. The number of piperidine rings is 1. The first kappa shape index (κ1) is 38.8. The number of aryl methyl sites for hydroxylation is 1. The van der Waals surface area contributed by atoms with Crippen molar-refractivity contribution in [3.63, 3.8) is 0 Å². The molecular formula is C42H49N11O5. The van der Waals surface area contributed by atoms with E-state index in [1.165, 1.54) is 0 Å². The number of rotatable bonds is 15. The lowest BCUT2D eigenvalue weighted by molar-refractivity contribution is -0.136. The standard InChI is InChI=1S/C42H49N11O5/c1-4-50-25-44-48-38(50)31-15-10-16-34(45-31)52-23-29-28(40(52)56)22-35(51-21-11-12-26(51)2)46-32(29)24-49(3)20-8-6-5-7-19-43-30-14-9-13-27-37(30)42(58)53(41(27)57)33-17-18-36(54)47-39(33)55/h9-10,13-16,22,25-26,33,43H,4-8,11-12,17-21,23-24H2,1-3H3,(H,47,54,55)/t26-,33?/m1/s1. The largest absolute Gasteiger partial charge is 0.384 e. The Balaban J connectivity index is 0.872. The zero-order chi connectivity index (χ0) is 40.5. The molecule has 4 aliphatic heterocycles. The van der Waals surface area contributed by atoms with E-state index in [0.29, 0.717) is 60.8 Å². The summed E-state index contributed by atoms with van der Waals surface area (Å²) in [7, 11) is 2.09. The molecule has 58 heavy (non-hydrogen) atoms. The summed E-state index contributed by atoms with van der Waals surface area (Å²) in [4.78, 5) is 82.2. The van der Waals surface area contributed by atoms with Gasteiger partial charge in [-0.3, -0.25) is 39.1 Å². The van der Waals surface area contributed by atoms with Crippen LogP contribution in [0.4, 0.5) is 17.3 Å². The van der Waals surface area contributed by atoms with E-state index in [1.807, 2.05) is 35.8 Å². The summed E-state index contributed by atoms with van der Waals surface area (Å²) < 4.78 is 1.93.